The zero-order chi connectivity index (χ0) is 13.5. The molecule has 0 aliphatic heterocycles. The molecular formula is C12H16FNO3S. The van der Waals surface area contributed by atoms with Gasteiger partial charge in [0, 0.05) is 0 Å². The Labute approximate surface area is 111 Å². The molecule has 0 aromatic heterocycles. The van der Waals surface area contributed by atoms with E-state index in [1.54, 1.807) is 0 Å². The minimum absolute atomic E-state index is 0.111. The van der Waals surface area contributed by atoms with Crippen LogP contribution in [0.4, 0.5) is 10.1 Å². The van der Waals surface area contributed by atoms with Gasteiger partial charge in [-0.25, -0.2) is 4.39 Å². The number of halogens is 1. The fourth-order valence-electron chi connectivity index (χ4n) is 1.49. The summed E-state index contributed by atoms with van der Waals surface area (Å²) in [6.45, 7) is 2.44. The van der Waals surface area contributed by atoms with Gasteiger partial charge in [-0.15, -0.1) is 0 Å². The molecule has 0 fully saturated rings. The van der Waals surface area contributed by atoms with Gasteiger partial charge in [-0.05, 0) is 36.6 Å². The van der Waals surface area contributed by atoms with Crippen LogP contribution in [0.5, 0.6) is 5.75 Å². The summed E-state index contributed by atoms with van der Waals surface area (Å²) in [6.07, 6.45) is 1.76. The quantitative estimate of drug-likeness (QED) is 0.470. The third kappa shape index (κ3) is 4.52. The maximum atomic E-state index is 12.9. The van der Waals surface area contributed by atoms with Crippen LogP contribution in [0.2, 0.25) is 0 Å². The number of nitro groups is 1. The fourth-order valence-corrected chi connectivity index (χ4v) is 1.93. The Bertz CT molecular complexity index is 414. The van der Waals surface area contributed by atoms with Crippen LogP contribution >= 0.6 is 12.6 Å². The van der Waals surface area contributed by atoms with Crippen molar-refractivity contribution in [3.8, 4) is 5.75 Å². The van der Waals surface area contributed by atoms with Crippen LogP contribution in [-0.4, -0.2) is 17.3 Å². The van der Waals surface area contributed by atoms with E-state index in [1.165, 1.54) is 6.07 Å². The standard InChI is InChI=1S/C12H16FNO3S/c1-9(5-7-18)4-6-17-12-3-2-10(13)8-11(12)14(15)16/h2-3,8-9,18H,4-7H2,1H3. The van der Waals surface area contributed by atoms with Crippen LogP contribution in [0.25, 0.3) is 0 Å². The van der Waals surface area contributed by atoms with Gasteiger partial charge in [-0.3, -0.25) is 10.1 Å². The van der Waals surface area contributed by atoms with Gasteiger partial charge in [-0.2, -0.15) is 12.6 Å². The minimum atomic E-state index is -0.643. The van der Waals surface area contributed by atoms with E-state index in [1.807, 2.05) is 0 Å². The van der Waals surface area contributed by atoms with Crippen molar-refractivity contribution in [2.45, 2.75) is 19.8 Å². The molecule has 0 radical (unpaired) electrons. The number of nitro benzene ring substituents is 1. The topological polar surface area (TPSA) is 52.4 Å². The molecule has 0 aliphatic rings. The molecule has 1 atom stereocenters. The molecule has 0 bridgehead atoms. The number of thiol groups is 1. The summed E-state index contributed by atoms with van der Waals surface area (Å²) >= 11 is 4.13. The van der Waals surface area contributed by atoms with Crippen LogP contribution in [0.1, 0.15) is 19.8 Å². The van der Waals surface area contributed by atoms with E-state index >= 15 is 0 Å². The number of hydrogen-bond donors (Lipinski definition) is 1. The maximum absolute atomic E-state index is 12.9. The Balaban J connectivity index is 2.59. The normalized spacial score (nSPS) is 12.2. The predicted molar refractivity (Wildman–Crippen MR) is 70.8 cm³/mol. The molecule has 18 heavy (non-hydrogen) atoms. The number of nitrogens with zero attached hydrogens (tertiary/aromatic N) is 1. The highest BCUT2D eigenvalue weighted by Crippen LogP contribution is 2.27. The summed E-state index contributed by atoms with van der Waals surface area (Å²) in [4.78, 5) is 10.1. The Morgan fingerprint density at radius 1 is 1.50 bits per heavy atom. The Morgan fingerprint density at radius 2 is 2.22 bits per heavy atom. The summed E-state index contributed by atoms with van der Waals surface area (Å²) in [5.74, 6) is 0.719. The first-order valence-corrected chi connectivity index (χ1v) is 6.35. The van der Waals surface area contributed by atoms with E-state index in [0.717, 1.165) is 30.7 Å². The lowest BCUT2D eigenvalue weighted by molar-refractivity contribution is -0.386. The second-order valence-corrected chi connectivity index (χ2v) is 4.57. The van der Waals surface area contributed by atoms with E-state index in [2.05, 4.69) is 19.6 Å². The van der Waals surface area contributed by atoms with Gasteiger partial charge in [0.15, 0.2) is 5.75 Å². The van der Waals surface area contributed by atoms with Crippen LogP contribution in [-0.2, 0) is 0 Å². The molecule has 100 valence electrons. The number of benzene rings is 1. The van der Waals surface area contributed by atoms with Crippen molar-refractivity contribution in [2.75, 3.05) is 12.4 Å². The van der Waals surface area contributed by atoms with Gasteiger partial charge >= 0.3 is 5.69 Å². The average molecular weight is 273 g/mol. The molecule has 0 saturated heterocycles. The summed E-state index contributed by atoms with van der Waals surface area (Å²) in [7, 11) is 0. The van der Waals surface area contributed by atoms with Crippen molar-refractivity contribution in [3.05, 3.63) is 34.1 Å². The molecule has 0 heterocycles. The average Bonchev–Trinajstić information content (AvgIpc) is 2.31. The SMILES string of the molecule is CC(CCS)CCOc1ccc(F)cc1[N+](=O)[O-]. The van der Waals surface area contributed by atoms with Crippen LogP contribution in [0, 0.1) is 21.8 Å². The lowest BCUT2D eigenvalue weighted by Crippen LogP contribution is -2.06. The highest BCUT2D eigenvalue weighted by atomic mass is 32.1. The number of rotatable bonds is 7. The van der Waals surface area contributed by atoms with Gasteiger partial charge in [0.1, 0.15) is 5.82 Å². The highest BCUT2D eigenvalue weighted by molar-refractivity contribution is 7.80. The Hall–Kier alpha value is -1.30. The molecule has 4 nitrogen and oxygen atoms in total. The molecule has 0 amide bonds. The number of hydrogen-bond acceptors (Lipinski definition) is 4. The van der Waals surface area contributed by atoms with E-state index < -0.39 is 10.7 Å². The molecule has 1 aromatic carbocycles. The van der Waals surface area contributed by atoms with E-state index in [-0.39, 0.29) is 11.4 Å². The van der Waals surface area contributed by atoms with Crippen molar-refractivity contribution in [2.24, 2.45) is 5.92 Å². The van der Waals surface area contributed by atoms with Crippen LogP contribution in [0.15, 0.2) is 18.2 Å². The van der Waals surface area contributed by atoms with Crippen LogP contribution < -0.4 is 4.74 Å². The van der Waals surface area contributed by atoms with E-state index in [0.29, 0.717) is 12.5 Å². The van der Waals surface area contributed by atoms with Crippen molar-refractivity contribution in [1.82, 2.24) is 0 Å². The lowest BCUT2D eigenvalue weighted by Gasteiger charge is -2.11. The highest BCUT2D eigenvalue weighted by Gasteiger charge is 2.16. The van der Waals surface area contributed by atoms with Gasteiger partial charge in [0.25, 0.3) is 0 Å². The summed E-state index contributed by atoms with van der Waals surface area (Å²) in [5, 5.41) is 10.7. The van der Waals surface area contributed by atoms with Crippen molar-refractivity contribution in [1.29, 1.82) is 0 Å². The maximum Gasteiger partial charge on any atom is 0.313 e. The first-order chi connectivity index (χ1) is 8.54. The van der Waals surface area contributed by atoms with Gasteiger partial charge < -0.3 is 4.74 Å². The minimum Gasteiger partial charge on any atom is -0.487 e. The summed E-state index contributed by atoms with van der Waals surface area (Å²) in [6, 6.07) is 3.31. The monoisotopic (exact) mass is 273 g/mol. The smallest absolute Gasteiger partial charge is 0.313 e. The molecule has 0 spiro atoms. The van der Waals surface area contributed by atoms with Gasteiger partial charge in [0.2, 0.25) is 0 Å². The van der Waals surface area contributed by atoms with Gasteiger partial charge in [-0.1, -0.05) is 6.92 Å². The zero-order valence-corrected chi connectivity index (χ0v) is 11.0. The third-order valence-electron chi connectivity index (χ3n) is 2.61. The van der Waals surface area contributed by atoms with Crippen LogP contribution in [0.3, 0.4) is 0 Å². The predicted octanol–water partition coefficient (Wildman–Crippen LogP) is 3.46. The summed E-state index contributed by atoms with van der Waals surface area (Å²) in [5.41, 5.74) is -0.336. The number of ether oxygens (including phenoxy) is 1. The first-order valence-electron chi connectivity index (χ1n) is 5.72. The molecule has 1 unspecified atom stereocenters. The largest absolute Gasteiger partial charge is 0.487 e. The fraction of sp³-hybridized carbons (Fsp3) is 0.500. The first kappa shape index (κ1) is 14.8. The van der Waals surface area contributed by atoms with Crippen molar-refractivity contribution < 1.29 is 14.1 Å². The molecule has 0 N–H and O–H groups in total. The second kappa shape index (κ2) is 7.20. The van der Waals surface area contributed by atoms with E-state index in [9.17, 15) is 14.5 Å². The Kier molecular flexibility index (Phi) is 5.91. The molecule has 0 saturated carbocycles. The lowest BCUT2D eigenvalue weighted by atomic mass is 10.1. The second-order valence-electron chi connectivity index (χ2n) is 4.12. The molecule has 0 aliphatic carbocycles. The van der Waals surface area contributed by atoms with Gasteiger partial charge in [0.05, 0.1) is 17.6 Å². The third-order valence-corrected chi connectivity index (χ3v) is 2.87. The van der Waals surface area contributed by atoms with E-state index in [4.69, 9.17) is 4.74 Å². The molecule has 6 heteroatoms. The zero-order valence-electron chi connectivity index (χ0n) is 10.1. The molecule has 1 aromatic rings. The Morgan fingerprint density at radius 3 is 2.83 bits per heavy atom. The molecule has 1 rings (SSSR count). The summed E-state index contributed by atoms with van der Waals surface area (Å²) < 4.78 is 18.2. The van der Waals surface area contributed by atoms with Crippen molar-refractivity contribution in [3.63, 3.8) is 0 Å². The van der Waals surface area contributed by atoms with Crippen molar-refractivity contribution >= 4 is 18.3 Å². The molecular weight excluding hydrogens is 257 g/mol.